The Balaban J connectivity index is 0.000000282. The molecule has 0 spiro atoms. The van der Waals surface area contributed by atoms with Gasteiger partial charge in [0.25, 0.3) is 0 Å². The van der Waals surface area contributed by atoms with E-state index < -0.39 is 10.2 Å². The van der Waals surface area contributed by atoms with E-state index in [9.17, 15) is 0 Å². The second kappa shape index (κ2) is 7.11. The van der Waals surface area contributed by atoms with Crippen molar-refractivity contribution in [3.05, 3.63) is 65.6 Å². The minimum atomic E-state index is -4.94. The predicted octanol–water partition coefficient (Wildman–Crippen LogP) is -0.911. The normalized spacial score (nSPS) is 10.9. The average Bonchev–Trinajstić information content (AvgIpc) is 2.46. The van der Waals surface area contributed by atoms with E-state index in [-0.39, 0.29) is 0 Å². The molecule has 0 fully saturated rings. The van der Waals surface area contributed by atoms with Crippen molar-refractivity contribution >= 4 is 24.1 Å². The van der Waals surface area contributed by atoms with Crippen molar-refractivity contribution in [2.75, 3.05) is 0 Å². The van der Waals surface area contributed by atoms with E-state index in [4.69, 9.17) is 18.6 Å². The Morgan fingerprint density at radius 3 is 2.05 bits per heavy atom. The van der Waals surface area contributed by atoms with Crippen LogP contribution < -0.4 is 18.6 Å². The van der Waals surface area contributed by atoms with Crippen LogP contribution in [-0.2, 0) is 0 Å². The summed E-state index contributed by atoms with van der Waals surface area (Å²) < 4.78 is 35.5. The van der Waals surface area contributed by atoms with E-state index in [2.05, 4.69) is 65.6 Å². The molecule has 0 amide bonds. The molecule has 0 saturated heterocycles. The van der Waals surface area contributed by atoms with Gasteiger partial charge in [0.05, 0.1) is 0 Å². The van der Waals surface area contributed by atoms with Crippen LogP contribution in [0.5, 0.6) is 0 Å². The van der Waals surface area contributed by atoms with Crippen LogP contribution in [0, 0.1) is 10.2 Å². The van der Waals surface area contributed by atoms with Gasteiger partial charge < -0.3 is 0 Å². The van der Waals surface area contributed by atoms with E-state index in [1.54, 1.807) is 0 Å². The average molecular weight is 370 g/mol. The number of halogens is 1. The van der Waals surface area contributed by atoms with Gasteiger partial charge >= 0.3 is 101 Å². The Bertz CT molecular complexity index is 707. The molecule has 0 radical (unpaired) electrons. The molecular formula is C15H11ClO4Se. The van der Waals surface area contributed by atoms with Gasteiger partial charge in [0.15, 0.2) is 0 Å². The van der Waals surface area contributed by atoms with Gasteiger partial charge in [-0.15, -0.1) is 10.2 Å². The van der Waals surface area contributed by atoms with Crippen LogP contribution in [0.25, 0.3) is 20.8 Å². The molecule has 6 heteroatoms. The first-order valence-corrected chi connectivity index (χ1v) is 8.99. The molecule has 108 valence electrons. The van der Waals surface area contributed by atoms with Crippen LogP contribution in [0.4, 0.5) is 0 Å². The second-order valence-electron chi connectivity index (χ2n) is 4.11. The summed E-state index contributed by atoms with van der Waals surface area (Å²) in [5.74, 6) is 0. The van der Waals surface area contributed by atoms with Crippen LogP contribution in [-0.4, -0.2) is 14.5 Å². The Kier molecular flexibility index (Phi) is 5.44. The first kappa shape index (κ1) is 16.1. The molecule has 0 unspecified atom stereocenters. The Hall–Kier alpha value is -1.30. The maximum absolute atomic E-state index is 8.49. The van der Waals surface area contributed by atoms with Crippen LogP contribution in [0.1, 0.15) is 0 Å². The van der Waals surface area contributed by atoms with E-state index in [1.165, 1.54) is 20.8 Å². The monoisotopic (exact) mass is 370 g/mol. The van der Waals surface area contributed by atoms with Gasteiger partial charge in [-0.1, -0.05) is 0 Å². The maximum atomic E-state index is 8.49. The van der Waals surface area contributed by atoms with Crippen LogP contribution in [0.2, 0.25) is 0 Å². The molecule has 4 nitrogen and oxygen atoms in total. The molecule has 0 aliphatic heterocycles. The number of benzene rings is 2. The van der Waals surface area contributed by atoms with Gasteiger partial charge in [-0.25, -0.2) is 18.6 Å². The zero-order chi connectivity index (χ0) is 15.3. The fourth-order valence-corrected chi connectivity index (χ4v) is 3.35. The molecular weight excluding hydrogens is 359 g/mol. The van der Waals surface area contributed by atoms with Crippen LogP contribution in [0.15, 0.2) is 65.6 Å². The Morgan fingerprint density at radius 2 is 1.38 bits per heavy atom. The van der Waals surface area contributed by atoms with E-state index in [1.807, 2.05) is 0 Å². The predicted molar refractivity (Wildman–Crippen MR) is 70.7 cm³/mol. The van der Waals surface area contributed by atoms with Gasteiger partial charge in [0.2, 0.25) is 0 Å². The van der Waals surface area contributed by atoms with Crippen molar-refractivity contribution in [3.63, 3.8) is 0 Å². The van der Waals surface area contributed by atoms with Crippen molar-refractivity contribution in [2.24, 2.45) is 0 Å². The molecule has 3 aromatic rings. The second-order valence-corrected chi connectivity index (χ2v) is 6.85. The Labute approximate surface area is 130 Å². The summed E-state index contributed by atoms with van der Waals surface area (Å²) in [6.07, 6.45) is 0. The number of rotatable bonds is 1. The van der Waals surface area contributed by atoms with Crippen molar-refractivity contribution in [1.29, 1.82) is 0 Å². The van der Waals surface area contributed by atoms with Crippen molar-refractivity contribution in [2.45, 2.75) is 0 Å². The summed E-state index contributed by atoms with van der Waals surface area (Å²) in [5, 5.41) is 1.38. The van der Waals surface area contributed by atoms with Gasteiger partial charge in [0.1, 0.15) is 0 Å². The topological polar surface area (TPSA) is 92.2 Å². The van der Waals surface area contributed by atoms with Gasteiger partial charge in [-0.05, 0) is 0 Å². The summed E-state index contributed by atoms with van der Waals surface area (Å²) >= 11 is 0.513. The summed E-state index contributed by atoms with van der Waals surface area (Å²) in [5.41, 5.74) is 2.60. The number of fused-ring (bicyclic) bond motifs is 1. The third kappa shape index (κ3) is 5.53. The molecule has 21 heavy (non-hydrogen) atoms. The summed E-state index contributed by atoms with van der Waals surface area (Å²) in [7, 11) is -4.94. The van der Waals surface area contributed by atoms with Gasteiger partial charge in [0, 0.05) is 0 Å². The molecule has 0 aliphatic carbocycles. The third-order valence-corrected chi connectivity index (χ3v) is 4.59. The molecule has 0 N–H and O–H groups in total. The fourth-order valence-electron chi connectivity index (χ4n) is 1.85. The first-order valence-electron chi connectivity index (χ1n) is 5.91. The molecule has 0 saturated carbocycles. The zero-order valence-electron chi connectivity index (χ0n) is 10.8. The third-order valence-electron chi connectivity index (χ3n) is 2.67. The van der Waals surface area contributed by atoms with E-state index in [0.717, 1.165) is 0 Å². The van der Waals surface area contributed by atoms with Gasteiger partial charge in [-0.2, -0.15) is 0 Å². The molecule has 0 aliphatic rings. The van der Waals surface area contributed by atoms with Crippen molar-refractivity contribution < 1.29 is 28.9 Å². The molecule has 0 bridgehead atoms. The molecule has 1 aromatic heterocycles. The van der Waals surface area contributed by atoms with E-state index >= 15 is 0 Å². The van der Waals surface area contributed by atoms with Crippen LogP contribution >= 0.6 is 0 Å². The quantitative estimate of drug-likeness (QED) is 0.519. The molecule has 3 rings (SSSR count). The molecule has 0 atom stereocenters. The minimum absolute atomic E-state index is 0.513. The van der Waals surface area contributed by atoms with Crippen LogP contribution in [0.3, 0.4) is 0 Å². The summed E-state index contributed by atoms with van der Waals surface area (Å²) in [4.78, 5) is 2.26. The number of hydrogen-bond acceptors (Lipinski definition) is 4. The molecule has 2 aromatic carbocycles. The van der Waals surface area contributed by atoms with Crippen molar-refractivity contribution in [1.82, 2.24) is 0 Å². The van der Waals surface area contributed by atoms with Gasteiger partial charge in [-0.3, -0.25) is 0 Å². The number of hydrogen-bond donors (Lipinski definition) is 0. The standard InChI is InChI=1S/C15H11Se.ClHO4/c1-2-5-12(6-3-1)13-8-9-15-14(11-13)7-4-10-16-15;2-1(3,4)5/h1-11H;(H,2,3,4,5)/q+1;/p-1. The molecule has 1 heterocycles. The zero-order valence-corrected chi connectivity index (χ0v) is 13.2. The Morgan fingerprint density at radius 1 is 0.714 bits per heavy atom. The fraction of sp³-hybridized carbons (Fsp3) is 0. The SMILES string of the molecule is [O-][Cl+3]([O-])([O-])[O-].c1ccc(-c2ccc3[se+]cccc3c2)cc1. The van der Waals surface area contributed by atoms with Crippen molar-refractivity contribution in [3.8, 4) is 11.1 Å². The summed E-state index contributed by atoms with van der Waals surface area (Å²) in [6, 6.07) is 21.7. The summed E-state index contributed by atoms with van der Waals surface area (Å²) in [6.45, 7) is 0. The first-order chi connectivity index (χ1) is 9.93. The van der Waals surface area contributed by atoms with E-state index in [0.29, 0.717) is 14.5 Å².